The first-order valence-corrected chi connectivity index (χ1v) is 12.2. The molecule has 2 aromatic carbocycles. The molecule has 36 heavy (non-hydrogen) atoms. The van der Waals surface area contributed by atoms with Crippen LogP contribution in [0, 0.1) is 17.2 Å². The number of nitrogens with one attached hydrogen (secondary N) is 1. The van der Waals surface area contributed by atoms with Crippen molar-refractivity contribution in [2.45, 2.75) is 38.5 Å². The SMILES string of the molecule is C/C(=N\NC(=O)CC#N)[C@@H](CN1CCCCC1)[C@@H](c1ccccc1)c1c(O)c2ccccc2oc1=O. The molecule has 0 radical (unpaired) electrons. The maximum Gasteiger partial charge on any atom is 0.343 e. The molecule has 1 saturated heterocycles. The number of fused-ring (bicyclic) bond motifs is 1. The van der Waals surface area contributed by atoms with E-state index in [1.165, 1.54) is 6.42 Å². The lowest BCUT2D eigenvalue weighted by atomic mass is 9.78. The van der Waals surface area contributed by atoms with Crippen molar-refractivity contribution in [3.05, 3.63) is 76.1 Å². The summed E-state index contributed by atoms with van der Waals surface area (Å²) in [5.74, 6) is -1.55. The van der Waals surface area contributed by atoms with Crippen molar-refractivity contribution >= 4 is 22.6 Å². The van der Waals surface area contributed by atoms with Crippen molar-refractivity contribution < 1.29 is 14.3 Å². The Balaban J connectivity index is 1.87. The molecule has 0 aliphatic carbocycles. The van der Waals surface area contributed by atoms with Gasteiger partial charge < -0.3 is 14.4 Å². The molecule has 2 atom stereocenters. The standard InChI is InChI=1S/C28H30N4O4/c1-19(30-31-24(33)14-15-29)22(18-32-16-8-3-9-17-32)25(20-10-4-2-5-11-20)26-27(34)21-12-6-7-13-23(21)36-28(26)35/h2,4-7,10-13,22,25,34H,3,8-9,14,16-18H2,1H3,(H,31,33)/b30-19+/t22-,25-/m1/s1. The summed E-state index contributed by atoms with van der Waals surface area (Å²) < 4.78 is 5.65. The van der Waals surface area contributed by atoms with Crippen LogP contribution in [0.4, 0.5) is 0 Å². The fourth-order valence-electron chi connectivity index (χ4n) is 4.93. The molecule has 0 saturated carbocycles. The first kappa shape index (κ1) is 25.1. The van der Waals surface area contributed by atoms with Gasteiger partial charge in [0.2, 0.25) is 0 Å². The summed E-state index contributed by atoms with van der Waals surface area (Å²) in [4.78, 5) is 27.7. The zero-order valence-corrected chi connectivity index (χ0v) is 20.3. The number of nitrogens with zero attached hydrogens (tertiary/aromatic N) is 3. The molecule has 1 aliphatic heterocycles. The van der Waals surface area contributed by atoms with E-state index >= 15 is 0 Å². The van der Waals surface area contributed by atoms with Crippen LogP contribution in [0.2, 0.25) is 0 Å². The highest BCUT2D eigenvalue weighted by molar-refractivity contribution is 5.89. The molecule has 0 spiro atoms. The molecule has 1 fully saturated rings. The average molecular weight is 487 g/mol. The number of carbonyl (C=O) groups excluding carboxylic acids is 1. The molecule has 8 nitrogen and oxygen atoms in total. The van der Waals surface area contributed by atoms with E-state index in [1.807, 2.05) is 36.4 Å². The third-order valence-electron chi connectivity index (χ3n) is 6.73. The van der Waals surface area contributed by atoms with E-state index in [2.05, 4.69) is 15.4 Å². The number of aromatic hydroxyl groups is 1. The van der Waals surface area contributed by atoms with Gasteiger partial charge in [-0.1, -0.05) is 48.9 Å². The molecule has 2 heterocycles. The van der Waals surface area contributed by atoms with Crippen LogP contribution in [0.3, 0.4) is 0 Å². The second-order valence-corrected chi connectivity index (χ2v) is 9.13. The topological polar surface area (TPSA) is 119 Å². The van der Waals surface area contributed by atoms with Gasteiger partial charge in [0.25, 0.3) is 5.91 Å². The number of hydrazone groups is 1. The van der Waals surface area contributed by atoms with Gasteiger partial charge in [0.05, 0.1) is 17.0 Å². The Morgan fingerprint density at radius 3 is 2.56 bits per heavy atom. The molecular weight excluding hydrogens is 456 g/mol. The Bertz CT molecular complexity index is 1340. The van der Waals surface area contributed by atoms with Crippen LogP contribution in [0.5, 0.6) is 5.75 Å². The largest absolute Gasteiger partial charge is 0.507 e. The van der Waals surface area contributed by atoms with Crippen LogP contribution in [0.25, 0.3) is 11.0 Å². The summed E-state index contributed by atoms with van der Waals surface area (Å²) in [6.45, 7) is 4.22. The van der Waals surface area contributed by atoms with Crippen LogP contribution in [-0.4, -0.2) is 41.3 Å². The van der Waals surface area contributed by atoms with Crippen molar-refractivity contribution in [3.63, 3.8) is 0 Å². The quantitative estimate of drug-likeness (QED) is 0.281. The van der Waals surface area contributed by atoms with E-state index in [0.717, 1.165) is 31.5 Å². The fourth-order valence-corrected chi connectivity index (χ4v) is 4.93. The minimum atomic E-state index is -0.606. The predicted molar refractivity (Wildman–Crippen MR) is 138 cm³/mol. The Morgan fingerprint density at radius 2 is 1.83 bits per heavy atom. The molecule has 2 N–H and O–H groups in total. The number of carbonyl (C=O) groups is 1. The molecule has 186 valence electrons. The van der Waals surface area contributed by atoms with Gasteiger partial charge in [0.1, 0.15) is 17.8 Å². The smallest absolute Gasteiger partial charge is 0.343 e. The zero-order valence-electron chi connectivity index (χ0n) is 20.3. The van der Waals surface area contributed by atoms with E-state index in [1.54, 1.807) is 31.2 Å². The lowest BCUT2D eigenvalue weighted by Gasteiger charge is -2.34. The Hall–Kier alpha value is -3.96. The van der Waals surface area contributed by atoms with E-state index in [4.69, 9.17) is 9.68 Å². The van der Waals surface area contributed by atoms with Crippen molar-refractivity contribution in [1.82, 2.24) is 10.3 Å². The number of para-hydroxylation sites is 1. The summed E-state index contributed by atoms with van der Waals surface area (Å²) in [6.07, 6.45) is 3.04. The summed E-state index contributed by atoms with van der Waals surface area (Å²) in [5.41, 5.74) is 3.76. The molecular formula is C28H30N4O4. The van der Waals surface area contributed by atoms with Gasteiger partial charge in [0.15, 0.2) is 0 Å². The van der Waals surface area contributed by atoms with Crippen LogP contribution in [0.1, 0.15) is 49.7 Å². The van der Waals surface area contributed by atoms with Gasteiger partial charge in [-0.3, -0.25) is 4.79 Å². The number of amides is 1. The molecule has 0 unspecified atom stereocenters. The van der Waals surface area contributed by atoms with E-state index < -0.39 is 17.5 Å². The van der Waals surface area contributed by atoms with E-state index in [9.17, 15) is 14.7 Å². The zero-order chi connectivity index (χ0) is 25.5. The monoisotopic (exact) mass is 486 g/mol. The van der Waals surface area contributed by atoms with Gasteiger partial charge in [-0.2, -0.15) is 10.4 Å². The second-order valence-electron chi connectivity index (χ2n) is 9.13. The Morgan fingerprint density at radius 1 is 1.14 bits per heavy atom. The van der Waals surface area contributed by atoms with Crippen molar-refractivity contribution in [3.8, 4) is 11.8 Å². The minimum Gasteiger partial charge on any atom is -0.507 e. The van der Waals surface area contributed by atoms with Crippen LogP contribution < -0.4 is 11.1 Å². The van der Waals surface area contributed by atoms with Crippen molar-refractivity contribution in [2.75, 3.05) is 19.6 Å². The first-order valence-electron chi connectivity index (χ1n) is 12.2. The first-order chi connectivity index (χ1) is 17.5. The summed E-state index contributed by atoms with van der Waals surface area (Å²) >= 11 is 0. The predicted octanol–water partition coefficient (Wildman–Crippen LogP) is 4.14. The summed E-state index contributed by atoms with van der Waals surface area (Å²) in [7, 11) is 0. The highest BCUT2D eigenvalue weighted by Crippen LogP contribution is 2.39. The summed E-state index contributed by atoms with van der Waals surface area (Å²) in [6, 6.07) is 18.2. The van der Waals surface area contributed by atoms with Gasteiger partial charge in [0, 0.05) is 24.1 Å². The van der Waals surface area contributed by atoms with Crippen LogP contribution in [-0.2, 0) is 4.79 Å². The molecule has 1 aliphatic rings. The lowest BCUT2D eigenvalue weighted by molar-refractivity contribution is -0.120. The van der Waals surface area contributed by atoms with Crippen LogP contribution in [0.15, 0.2) is 68.9 Å². The number of piperidine rings is 1. The average Bonchev–Trinajstić information content (AvgIpc) is 2.90. The second kappa shape index (κ2) is 11.6. The van der Waals surface area contributed by atoms with Gasteiger partial charge in [-0.25, -0.2) is 10.2 Å². The number of hydrogen-bond acceptors (Lipinski definition) is 7. The van der Waals surface area contributed by atoms with E-state index in [-0.39, 0.29) is 23.7 Å². The Labute approximate surface area is 209 Å². The van der Waals surface area contributed by atoms with Crippen molar-refractivity contribution in [1.29, 1.82) is 5.26 Å². The maximum absolute atomic E-state index is 13.4. The van der Waals surface area contributed by atoms with Gasteiger partial charge in [-0.15, -0.1) is 0 Å². The van der Waals surface area contributed by atoms with Gasteiger partial charge in [-0.05, 0) is 50.6 Å². The number of hydrogen-bond donors (Lipinski definition) is 2. The lowest BCUT2D eigenvalue weighted by Crippen LogP contribution is -2.40. The number of likely N-dealkylation sites (tertiary alicyclic amines) is 1. The molecule has 3 aromatic rings. The van der Waals surface area contributed by atoms with Crippen molar-refractivity contribution in [2.24, 2.45) is 11.0 Å². The highest BCUT2D eigenvalue weighted by atomic mass is 16.4. The normalized spacial score (nSPS) is 16.3. The molecule has 8 heteroatoms. The summed E-state index contributed by atoms with van der Waals surface area (Å²) in [5, 5.41) is 25.0. The molecule has 1 aromatic heterocycles. The Kier molecular flexibility index (Phi) is 8.13. The minimum absolute atomic E-state index is 0.110. The number of rotatable bonds is 8. The maximum atomic E-state index is 13.4. The number of nitriles is 1. The third kappa shape index (κ3) is 5.64. The molecule has 0 bridgehead atoms. The van der Waals surface area contributed by atoms with Crippen LogP contribution >= 0.6 is 0 Å². The fraction of sp³-hybridized carbons (Fsp3) is 0.357. The molecule has 1 amide bonds. The molecule has 4 rings (SSSR count). The third-order valence-corrected chi connectivity index (χ3v) is 6.73. The van der Waals surface area contributed by atoms with E-state index in [0.29, 0.717) is 23.2 Å². The highest BCUT2D eigenvalue weighted by Gasteiger charge is 2.35. The number of benzene rings is 2. The van der Waals surface area contributed by atoms with Gasteiger partial charge >= 0.3 is 5.63 Å².